The van der Waals surface area contributed by atoms with Gasteiger partial charge < -0.3 is 9.64 Å². The van der Waals surface area contributed by atoms with Gasteiger partial charge >= 0.3 is 6.09 Å². The fourth-order valence-corrected chi connectivity index (χ4v) is 5.85. The van der Waals surface area contributed by atoms with Gasteiger partial charge in [0.1, 0.15) is 11.4 Å². The summed E-state index contributed by atoms with van der Waals surface area (Å²) in [5.74, 6) is 2.45. The van der Waals surface area contributed by atoms with Gasteiger partial charge in [-0.05, 0) is 70.2 Å². The molecular weight excluding hydrogens is 426 g/mol. The molecule has 1 aromatic carbocycles. The first-order chi connectivity index (χ1) is 15.2. The molecule has 1 aromatic heterocycles. The Labute approximate surface area is 193 Å². The number of carbonyl (C=O) groups is 1. The maximum Gasteiger partial charge on any atom is 0.410 e. The number of carbonyl (C=O) groups excluding carboxylic acids is 1. The molecule has 1 saturated heterocycles. The summed E-state index contributed by atoms with van der Waals surface area (Å²) in [5.41, 5.74) is 2.17. The first-order valence-electron chi connectivity index (χ1n) is 11.6. The lowest BCUT2D eigenvalue weighted by atomic mass is 9.57. The van der Waals surface area contributed by atoms with E-state index in [0.717, 1.165) is 61.4 Å². The lowest BCUT2D eigenvalue weighted by molar-refractivity contribution is -0.0800. The van der Waals surface area contributed by atoms with Gasteiger partial charge in [-0.25, -0.2) is 4.79 Å². The molecule has 4 aliphatic rings. The number of halogens is 1. The van der Waals surface area contributed by atoms with Crippen molar-refractivity contribution in [3.05, 3.63) is 40.4 Å². The first-order valence-corrected chi connectivity index (χ1v) is 12.0. The normalized spacial score (nSPS) is 22.6. The van der Waals surface area contributed by atoms with E-state index in [1.165, 1.54) is 18.4 Å². The summed E-state index contributed by atoms with van der Waals surface area (Å²) >= 11 is 6.36. The molecule has 2 aliphatic heterocycles. The summed E-state index contributed by atoms with van der Waals surface area (Å²) < 4.78 is 7.81. The van der Waals surface area contributed by atoms with Crippen LogP contribution in [-0.2, 0) is 17.8 Å². The Morgan fingerprint density at radius 3 is 2.59 bits per heavy atom. The molecule has 32 heavy (non-hydrogen) atoms. The largest absolute Gasteiger partial charge is 0.444 e. The van der Waals surface area contributed by atoms with E-state index < -0.39 is 5.60 Å². The minimum atomic E-state index is -0.453. The Morgan fingerprint density at radius 1 is 1.16 bits per heavy atom. The van der Waals surface area contributed by atoms with E-state index in [-0.39, 0.29) is 11.5 Å². The molecule has 2 aromatic rings. The molecule has 0 N–H and O–H groups in total. The van der Waals surface area contributed by atoms with Crippen molar-refractivity contribution in [2.24, 2.45) is 5.41 Å². The minimum absolute atomic E-state index is 0.200. The Bertz CT molecular complexity index is 1070. The molecule has 3 heterocycles. The van der Waals surface area contributed by atoms with Gasteiger partial charge in [-0.2, -0.15) is 0 Å². The second kappa shape index (κ2) is 6.94. The summed E-state index contributed by atoms with van der Waals surface area (Å²) in [7, 11) is 0. The van der Waals surface area contributed by atoms with Crippen molar-refractivity contribution < 1.29 is 9.53 Å². The molecule has 1 amide bonds. The summed E-state index contributed by atoms with van der Waals surface area (Å²) in [4.78, 5) is 16.7. The number of hydrogen-bond donors (Lipinski definition) is 0. The molecule has 0 unspecified atom stereocenters. The van der Waals surface area contributed by atoms with Crippen LogP contribution in [0.3, 0.4) is 0 Å². The van der Waals surface area contributed by atoms with Crippen LogP contribution in [0.1, 0.15) is 69.6 Å². The van der Waals surface area contributed by atoms with Crippen LogP contribution in [0.2, 0.25) is 5.02 Å². The molecule has 1 spiro atoms. The number of amides is 1. The van der Waals surface area contributed by atoms with Crippen LogP contribution in [0, 0.1) is 5.41 Å². The second-order valence-electron chi connectivity index (χ2n) is 11.2. The van der Waals surface area contributed by atoms with Gasteiger partial charge in [-0.1, -0.05) is 11.6 Å². The fourth-order valence-electron chi connectivity index (χ4n) is 5.66. The molecule has 0 radical (unpaired) electrons. The predicted octanol–water partition coefficient (Wildman–Crippen LogP) is 4.51. The third-order valence-electron chi connectivity index (χ3n) is 7.25. The summed E-state index contributed by atoms with van der Waals surface area (Å²) in [6.07, 6.45) is 4.40. The molecule has 8 heteroatoms. The highest BCUT2D eigenvalue weighted by Gasteiger charge is 2.56. The monoisotopic (exact) mass is 455 g/mol. The van der Waals surface area contributed by atoms with Gasteiger partial charge in [-0.15, -0.1) is 10.2 Å². The molecule has 7 nitrogen and oxygen atoms in total. The maximum atomic E-state index is 12.3. The third kappa shape index (κ3) is 3.50. The standard InChI is InChI=1S/C24H30ClN5O2/c1-23(2,3)32-22(31)29-13-24(14-29)9-16(10-24)21-27-26-20-12-28(18-5-6-18)11-15-8-17(25)4-7-19(15)30(20)21/h4,7-8,16,18H,5-6,9-14H2,1-3H3. The van der Waals surface area contributed by atoms with Crippen LogP contribution < -0.4 is 0 Å². The Hall–Kier alpha value is -2.12. The van der Waals surface area contributed by atoms with Crippen molar-refractivity contribution in [1.82, 2.24) is 24.6 Å². The van der Waals surface area contributed by atoms with Gasteiger partial charge in [0.25, 0.3) is 0 Å². The van der Waals surface area contributed by atoms with E-state index in [9.17, 15) is 4.79 Å². The second-order valence-corrected chi connectivity index (χ2v) is 11.6. The van der Waals surface area contributed by atoms with Crippen LogP contribution in [0.5, 0.6) is 0 Å². The van der Waals surface area contributed by atoms with Crippen LogP contribution in [0.25, 0.3) is 5.69 Å². The molecule has 0 atom stereocenters. The minimum Gasteiger partial charge on any atom is -0.444 e. The summed E-state index contributed by atoms with van der Waals surface area (Å²) in [6, 6.07) is 6.83. The molecule has 3 fully saturated rings. The van der Waals surface area contributed by atoms with Crippen molar-refractivity contribution in [3.63, 3.8) is 0 Å². The van der Waals surface area contributed by atoms with Crippen molar-refractivity contribution >= 4 is 17.7 Å². The number of nitrogens with zero attached hydrogens (tertiary/aromatic N) is 5. The fraction of sp³-hybridized carbons (Fsp3) is 0.625. The Kier molecular flexibility index (Phi) is 4.44. The van der Waals surface area contributed by atoms with E-state index in [4.69, 9.17) is 16.3 Å². The van der Waals surface area contributed by atoms with Crippen LogP contribution in [0.15, 0.2) is 18.2 Å². The summed E-state index contributed by atoms with van der Waals surface area (Å²) in [5, 5.41) is 10.1. The zero-order chi connectivity index (χ0) is 22.3. The number of rotatable bonds is 2. The van der Waals surface area contributed by atoms with Gasteiger partial charge in [-0.3, -0.25) is 9.47 Å². The van der Waals surface area contributed by atoms with Crippen molar-refractivity contribution in [1.29, 1.82) is 0 Å². The third-order valence-corrected chi connectivity index (χ3v) is 7.48. The van der Waals surface area contributed by atoms with Crippen molar-refractivity contribution in [2.75, 3.05) is 13.1 Å². The van der Waals surface area contributed by atoms with Crippen molar-refractivity contribution in [3.8, 4) is 5.69 Å². The first kappa shape index (κ1) is 20.5. The number of hydrogen-bond acceptors (Lipinski definition) is 5. The lowest BCUT2D eigenvalue weighted by Crippen LogP contribution is -2.63. The van der Waals surface area contributed by atoms with Gasteiger partial charge in [0.2, 0.25) is 0 Å². The average Bonchev–Trinajstić information content (AvgIpc) is 3.42. The summed E-state index contributed by atoms with van der Waals surface area (Å²) in [6.45, 7) is 9.02. The van der Waals surface area contributed by atoms with Gasteiger partial charge in [0, 0.05) is 42.0 Å². The molecule has 2 aliphatic carbocycles. The smallest absolute Gasteiger partial charge is 0.410 e. The number of ether oxygens (including phenoxy) is 1. The van der Waals surface area contributed by atoms with Crippen LogP contribution >= 0.6 is 11.6 Å². The van der Waals surface area contributed by atoms with Crippen molar-refractivity contribution in [2.45, 2.75) is 77.1 Å². The maximum absolute atomic E-state index is 12.3. The zero-order valence-corrected chi connectivity index (χ0v) is 19.7. The molecule has 2 saturated carbocycles. The van der Waals surface area contributed by atoms with E-state index in [2.05, 4.69) is 31.8 Å². The number of fused-ring (bicyclic) bond motifs is 3. The van der Waals surface area contributed by atoms with Crippen LogP contribution in [0.4, 0.5) is 4.79 Å². The molecule has 6 rings (SSSR count). The SMILES string of the molecule is CC(C)(C)OC(=O)N1CC2(CC(c3nnc4n3-c3ccc(Cl)cc3CN(C3CC3)C4)C2)C1. The topological polar surface area (TPSA) is 63.5 Å². The number of benzene rings is 1. The van der Waals surface area contributed by atoms with E-state index >= 15 is 0 Å². The van der Waals surface area contributed by atoms with Crippen LogP contribution in [-0.4, -0.2) is 55.4 Å². The highest BCUT2D eigenvalue weighted by atomic mass is 35.5. The average molecular weight is 456 g/mol. The predicted molar refractivity (Wildman–Crippen MR) is 121 cm³/mol. The van der Waals surface area contributed by atoms with E-state index in [0.29, 0.717) is 12.0 Å². The van der Waals surface area contributed by atoms with Gasteiger partial charge in [0.15, 0.2) is 5.82 Å². The number of likely N-dealkylation sites (tertiary alicyclic amines) is 1. The molecule has 170 valence electrons. The quantitative estimate of drug-likeness (QED) is 0.666. The number of aromatic nitrogens is 3. The van der Waals surface area contributed by atoms with Gasteiger partial charge in [0.05, 0.1) is 12.2 Å². The zero-order valence-electron chi connectivity index (χ0n) is 19.0. The highest BCUT2D eigenvalue weighted by Crippen LogP contribution is 2.56. The molecule has 0 bridgehead atoms. The molecular formula is C24H30ClN5O2. The Balaban J connectivity index is 1.21. The Morgan fingerprint density at radius 2 is 1.91 bits per heavy atom. The van der Waals surface area contributed by atoms with E-state index in [1.807, 2.05) is 31.7 Å². The van der Waals surface area contributed by atoms with E-state index in [1.54, 1.807) is 0 Å². The highest BCUT2D eigenvalue weighted by molar-refractivity contribution is 6.30. The lowest BCUT2D eigenvalue weighted by Gasteiger charge is -2.58.